The predicted molar refractivity (Wildman–Crippen MR) is 76.3 cm³/mol. The molecule has 0 aliphatic carbocycles. The predicted octanol–water partition coefficient (Wildman–Crippen LogP) is 4.54. The van der Waals surface area contributed by atoms with Crippen LogP contribution >= 0.6 is 39.1 Å². The molecule has 0 radical (unpaired) electrons. The Morgan fingerprint density at radius 2 is 2.00 bits per heavy atom. The molecule has 3 nitrogen and oxygen atoms in total. The zero-order valence-corrected chi connectivity index (χ0v) is 12.4. The minimum Gasteiger partial charge on any atom is -0.322 e. The minimum absolute atomic E-state index is 0.0585. The second-order valence-corrected chi connectivity index (χ2v) is 5.31. The summed E-state index contributed by atoms with van der Waals surface area (Å²) in [6, 6.07) is 5.25. The molecule has 0 spiro atoms. The van der Waals surface area contributed by atoms with E-state index in [1.807, 2.05) is 0 Å². The zero-order valence-electron chi connectivity index (χ0n) is 9.25. The molecule has 7 heteroatoms. The highest BCUT2D eigenvalue weighted by atomic mass is 79.9. The maximum absolute atomic E-state index is 13.1. The van der Waals surface area contributed by atoms with Gasteiger partial charge in [0.05, 0.1) is 5.56 Å². The first kappa shape index (κ1) is 14.2. The highest BCUT2D eigenvalue weighted by Crippen LogP contribution is 2.22. The summed E-state index contributed by atoms with van der Waals surface area (Å²) in [5.41, 5.74) is 0.419. The SMILES string of the molecule is O=C(Nc1cc(F)cc(Cl)c1)c1cc(Br)cnc1Cl. The quantitative estimate of drug-likeness (QED) is 0.795. The Bertz CT molecular complexity index is 631. The van der Waals surface area contributed by atoms with E-state index >= 15 is 0 Å². The maximum Gasteiger partial charge on any atom is 0.258 e. The molecule has 2 rings (SSSR count). The number of hydrogen-bond donors (Lipinski definition) is 1. The molecule has 1 aromatic carbocycles. The number of pyridine rings is 1. The number of rotatable bonds is 2. The van der Waals surface area contributed by atoms with Crippen molar-refractivity contribution < 1.29 is 9.18 Å². The van der Waals surface area contributed by atoms with Gasteiger partial charge in [-0.1, -0.05) is 23.2 Å². The van der Waals surface area contributed by atoms with Crippen molar-refractivity contribution in [3.8, 4) is 0 Å². The summed E-state index contributed by atoms with van der Waals surface area (Å²) < 4.78 is 13.8. The molecule has 1 heterocycles. The fraction of sp³-hybridized carbons (Fsp3) is 0. The molecule has 0 bridgehead atoms. The van der Waals surface area contributed by atoms with Gasteiger partial charge in [-0.05, 0) is 40.2 Å². The summed E-state index contributed by atoms with van der Waals surface area (Å²) in [6.07, 6.45) is 1.47. The number of hydrogen-bond acceptors (Lipinski definition) is 2. The van der Waals surface area contributed by atoms with Gasteiger partial charge in [0, 0.05) is 21.4 Å². The summed E-state index contributed by atoms with van der Waals surface area (Å²) >= 11 is 14.7. The van der Waals surface area contributed by atoms with Crippen molar-refractivity contribution in [3.05, 3.63) is 56.5 Å². The summed E-state index contributed by atoms with van der Waals surface area (Å²) in [5, 5.41) is 2.75. The fourth-order valence-corrected chi connectivity index (χ4v) is 2.15. The van der Waals surface area contributed by atoms with E-state index in [4.69, 9.17) is 23.2 Å². The van der Waals surface area contributed by atoms with Crippen LogP contribution in [0.15, 0.2) is 34.9 Å². The number of nitrogens with zero attached hydrogens (tertiary/aromatic N) is 1. The molecule has 0 saturated carbocycles. The van der Waals surface area contributed by atoms with Crippen molar-refractivity contribution in [1.82, 2.24) is 4.98 Å². The maximum atomic E-state index is 13.1. The Morgan fingerprint density at radius 1 is 1.26 bits per heavy atom. The van der Waals surface area contributed by atoms with Crippen molar-refractivity contribution >= 4 is 50.7 Å². The van der Waals surface area contributed by atoms with Crippen molar-refractivity contribution in [2.75, 3.05) is 5.32 Å². The van der Waals surface area contributed by atoms with E-state index < -0.39 is 11.7 Å². The Morgan fingerprint density at radius 3 is 2.68 bits per heavy atom. The van der Waals surface area contributed by atoms with Crippen LogP contribution in [-0.4, -0.2) is 10.9 Å². The number of anilines is 1. The topological polar surface area (TPSA) is 42.0 Å². The number of carbonyl (C=O) groups is 1. The lowest BCUT2D eigenvalue weighted by Gasteiger charge is -2.07. The third-order valence-corrected chi connectivity index (χ3v) is 3.12. The van der Waals surface area contributed by atoms with Gasteiger partial charge in [0.25, 0.3) is 5.91 Å². The van der Waals surface area contributed by atoms with Crippen LogP contribution in [0.1, 0.15) is 10.4 Å². The van der Waals surface area contributed by atoms with Gasteiger partial charge < -0.3 is 5.32 Å². The molecule has 1 aromatic heterocycles. The van der Waals surface area contributed by atoms with Gasteiger partial charge in [0.1, 0.15) is 11.0 Å². The highest BCUT2D eigenvalue weighted by molar-refractivity contribution is 9.10. The van der Waals surface area contributed by atoms with E-state index in [0.29, 0.717) is 4.47 Å². The lowest BCUT2D eigenvalue weighted by atomic mass is 10.2. The number of carbonyl (C=O) groups excluding carboxylic acids is 1. The monoisotopic (exact) mass is 362 g/mol. The normalized spacial score (nSPS) is 10.3. The molecule has 2 aromatic rings. The second kappa shape index (κ2) is 5.86. The first-order valence-corrected chi connectivity index (χ1v) is 6.59. The van der Waals surface area contributed by atoms with Gasteiger partial charge in [-0.2, -0.15) is 0 Å². The lowest BCUT2D eigenvalue weighted by Crippen LogP contribution is -2.13. The Hall–Kier alpha value is -1.17. The summed E-state index contributed by atoms with van der Waals surface area (Å²) in [7, 11) is 0. The Labute approximate surface area is 126 Å². The smallest absolute Gasteiger partial charge is 0.258 e. The van der Waals surface area contributed by atoms with Gasteiger partial charge in [-0.3, -0.25) is 4.79 Å². The third kappa shape index (κ3) is 3.65. The number of halogens is 4. The van der Waals surface area contributed by atoms with Crippen LogP contribution in [0.25, 0.3) is 0 Å². The minimum atomic E-state index is -0.540. The molecular weight excluding hydrogens is 358 g/mol. The third-order valence-electron chi connectivity index (χ3n) is 2.17. The van der Waals surface area contributed by atoms with E-state index in [9.17, 15) is 9.18 Å². The number of nitrogens with one attached hydrogen (secondary N) is 1. The number of benzene rings is 1. The van der Waals surface area contributed by atoms with Crippen molar-refractivity contribution in [1.29, 1.82) is 0 Å². The van der Waals surface area contributed by atoms with Gasteiger partial charge >= 0.3 is 0 Å². The summed E-state index contributed by atoms with van der Waals surface area (Å²) in [4.78, 5) is 15.8. The largest absolute Gasteiger partial charge is 0.322 e. The van der Waals surface area contributed by atoms with E-state index in [0.717, 1.165) is 12.1 Å². The number of aromatic nitrogens is 1. The molecule has 1 N–H and O–H groups in total. The molecule has 0 unspecified atom stereocenters. The second-order valence-electron chi connectivity index (χ2n) is 3.60. The van der Waals surface area contributed by atoms with Crippen LogP contribution in [-0.2, 0) is 0 Å². The van der Waals surface area contributed by atoms with Gasteiger partial charge in [0.2, 0.25) is 0 Å². The van der Waals surface area contributed by atoms with Crippen molar-refractivity contribution in [3.63, 3.8) is 0 Å². The van der Waals surface area contributed by atoms with Crippen LogP contribution < -0.4 is 5.32 Å². The Balaban J connectivity index is 2.28. The fourth-order valence-electron chi connectivity index (χ4n) is 1.41. The molecule has 1 amide bonds. The van der Waals surface area contributed by atoms with E-state index in [1.54, 1.807) is 0 Å². The Kier molecular flexibility index (Phi) is 4.39. The molecule has 98 valence electrons. The van der Waals surface area contributed by atoms with Gasteiger partial charge in [0.15, 0.2) is 0 Å². The zero-order chi connectivity index (χ0) is 14.0. The van der Waals surface area contributed by atoms with E-state index in [2.05, 4.69) is 26.2 Å². The first-order valence-electron chi connectivity index (χ1n) is 5.04. The molecular formula is C12H6BrCl2FN2O. The molecule has 0 fully saturated rings. The van der Waals surface area contributed by atoms with Gasteiger partial charge in [-0.25, -0.2) is 9.37 Å². The molecule has 0 saturated heterocycles. The standard InChI is InChI=1S/C12H6BrCl2FN2O/c13-6-1-10(11(15)17-5-6)12(19)18-9-3-7(14)2-8(16)4-9/h1-5H,(H,18,19). The first-order chi connectivity index (χ1) is 8.95. The molecule has 19 heavy (non-hydrogen) atoms. The molecule has 0 aliphatic heterocycles. The highest BCUT2D eigenvalue weighted by Gasteiger charge is 2.13. The summed E-state index contributed by atoms with van der Waals surface area (Å²) in [5.74, 6) is -1.04. The van der Waals surface area contributed by atoms with Crippen LogP contribution in [0.5, 0.6) is 0 Å². The lowest BCUT2D eigenvalue weighted by molar-refractivity contribution is 0.102. The van der Waals surface area contributed by atoms with Crippen LogP contribution in [0.2, 0.25) is 10.2 Å². The van der Waals surface area contributed by atoms with E-state index in [-0.39, 0.29) is 21.4 Å². The van der Waals surface area contributed by atoms with E-state index in [1.165, 1.54) is 18.3 Å². The number of amides is 1. The molecule has 0 aliphatic rings. The summed E-state index contributed by atoms with van der Waals surface area (Å²) in [6.45, 7) is 0. The van der Waals surface area contributed by atoms with Crippen LogP contribution in [0.3, 0.4) is 0 Å². The average Bonchev–Trinajstić information content (AvgIpc) is 2.30. The van der Waals surface area contributed by atoms with Crippen molar-refractivity contribution in [2.24, 2.45) is 0 Å². The molecule has 0 atom stereocenters. The average molecular weight is 364 g/mol. The van der Waals surface area contributed by atoms with Crippen LogP contribution in [0, 0.1) is 5.82 Å². The van der Waals surface area contributed by atoms with Crippen LogP contribution in [0.4, 0.5) is 10.1 Å². The van der Waals surface area contributed by atoms with Crippen molar-refractivity contribution in [2.45, 2.75) is 0 Å². The van der Waals surface area contributed by atoms with Gasteiger partial charge in [-0.15, -0.1) is 0 Å².